The van der Waals surface area contributed by atoms with Crippen molar-refractivity contribution in [2.24, 2.45) is 5.92 Å². The van der Waals surface area contributed by atoms with E-state index in [1.165, 1.54) is 0 Å². The summed E-state index contributed by atoms with van der Waals surface area (Å²) < 4.78 is 15.8. The maximum Gasteiger partial charge on any atom is 0.338 e. The van der Waals surface area contributed by atoms with Gasteiger partial charge in [-0.1, -0.05) is 18.2 Å². The molecule has 1 N–H and O–H groups in total. The molecule has 0 saturated carbocycles. The van der Waals surface area contributed by atoms with Gasteiger partial charge in [0.05, 0.1) is 24.9 Å². The van der Waals surface area contributed by atoms with Crippen LogP contribution in [0.4, 0.5) is 0 Å². The van der Waals surface area contributed by atoms with E-state index in [0.29, 0.717) is 12.0 Å². The fourth-order valence-electron chi connectivity index (χ4n) is 2.12. The zero-order valence-corrected chi connectivity index (χ0v) is 10.8. The molecule has 5 nitrogen and oxygen atoms in total. The summed E-state index contributed by atoms with van der Waals surface area (Å²) >= 11 is 0. The van der Waals surface area contributed by atoms with Gasteiger partial charge in [-0.05, 0) is 12.1 Å². The predicted octanol–water partition coefficient (Wildman–Crippen LogP) is 1.21. The first-order chi connectivity index (χ1) is 9.24. The average Bonchev–Trinajstić information content (AvgIpc) is 2.88. The van der Waals surface area contributed by atoms with Crippen molar-refractivity contribution in [1.82, 2.24) is 0 Å². The lowest BCUT2D eigenvalue weighted by Gasteiger charge is -2.15. The highest BCUT2D eigenvalue weighted by Crippen LogP contribution is 2.27. The van der Waals surface area contributed by atoms with Crippen LogP contribution in [0.2, 0.25) is 0 Å². The van der Waals surface area contributed by atoms with Gasteiger partial charge in [-0.2, -0.15) is 0 Å². The number of aliphatic hydroxyl groups is 1. The molecule has 0 aliphatic carbocycles. The molecule has 1 fully saturated rings. The molecular weight excluding hydrogens is 248 g/mol. The van der Waals surface area contributed by atoms with Crippen LogP contribution < -0.4 is 0 Å². The van der Waals surface area contributed by atoms with E-state index in [4.69, 9.17) is 14.2 Å². The minimum absolute atomic E-state index is 0.0392. The Morgan fingerprint density at radius 2 is 2.16 bits per heavy atom. The Morgan fingerprint density at radius 3 is 2.79 bits per heavy atom. The number of benzene rings is 1. The Hall–Kier alpha value is -1.43. The monoisotopic (exact) mass is 266 g/mol. The smallest absolute Gasteiger partial charge is 0.338 e. The Balaban J connectivity index is 1.86. The summed E-state index contributed by atoms with van der Waals surface area (Å²) in [6.07, 6.45) is -0.0600. The van der Waals surface area contributed by atoms with Crippen LogP contribution in [-0.2, 0) is 14.2 Å². The number of carbonyl (C=O) groups is 1. The number of esters is 1. The molecule has 1 aliphatic heterocycles. The van der Waals surface area contributed by atoms with Crippen LogP contribution in [-0.4, -0.2) is 43.8 Å². The lowest BCUT2D eigenvalue weighted by molar-refractivity contribution is -0.125. The summed E-state index contributed by atoms with van der Waals surface area (Å²) in [5.74, 6) is -0.402. The van der Waals surface area contributed by atoms with Gasteiger partial charge in [-0.25, -0.2) is 4.79 Å². The van der Waals surface area contributed by atoms with E-state index in [2.05, 4.69) is 0 Å². The summed E-state index contributed by atoms with van der Waals surface area (Å²) in [6, 6.07) is 8.82. The second kappa shape index (κ2) is 6.65. The fourth-order valence-corrected chi connectivity index (χ4v) is 2.12. The SMILES string of the molecule is COC1C[C@H](COC(=O)c2ccccc2)[C@H](CO)O1. The Kier molecular flexibility index (Phi) is 4.90. The molecule has 1 unspecified atom stereocenters. The van der Waals surface area contributed by atoms with Gasteiger partial charge >= 0.3 is 5.97 Å². The number of carbonyl (C=O) groups excluding carboxylic acids is 1. The van der Waals surface area contributed by atoms with Crippen molar-refractivity contribution < 1.29 is 24.1 Å². The van der Waals surface area contributed by atoms with Crippen LogP contribution in [0.25, 0.3) is 0 Å². The van der Waals surface area contributed by atoms with Gasteiger partial charge in [0.2, 0.25) is 0 Å². The van der Waals surface area contributed by atoms with E-state index >= 15 is 0 Å². The highest BCUT2D eigenvalue weighted by Gasteiger charge is 2.35. The maximum atomic E-state index is 11.8. The fraction of sp³-hybridized carbons (Fsp3) is 0.500. The largest absolute Gasteiger partial charge is 0.462 e. The van der Waals surface area contributed by atoms with Gasteiger partial charge in [0, 0.05) is 19.4 Å². The van der Waals surface area contributed by atoms with Crippen LogP contribution in [0.3, 0.4) is 0 Å². The maximum absolute atomic E-state index is 11.8. The molecular formula is C14H18O5. The van der Waals surface area contributed by atoms with Crippen molar-refractivity contribution >= 4 is 5.97 Å². The number of hydrogen-bond acceptors (Lipinski definition) is 5. The predicted molar refractivity (Wildman–Crippen MR) is 67.6 cm³/mol. The molecule has 19 heavy (non-hydrogen) atoms. The Labute approximate surface area is 112 Å². The lowest BCUT2D eigenvalue weighted by Crippen LogP contribution is -2.25. The molecule has 5 heteroatoms. The molecule has 1 aromatic carbocycles. The minimum atomic E-state index is -0.363. The van der Waals surface area contributed by atoms with Crippen molar-refractivity contribution in [2.75, 3.05) is 20.3 Å². The van der Waals surface area contributed by atoms with Crippen LogP contribution in [0.15, 0.2) is 30.3 Å². The first-order valence-electron chi connectivity index (χ1n) is 6.26. The molecule has 3 atom stereocenters. The lowest BCUT2D eigenvalue weighted by atomic mass is 10.0. The number of rotatable bonds is 5. The number of aliphatic hydroxyl groups excluding tert-OH is 1. The normalized spacial score (nSPS) is 26.3. The molecule has 2 rings (SSSR count). The number of hydrogen-bond donors (Lipinski definition) is 1. The standard InChI is InChI=1S/C14H18O5/c1-17-13-7-11(12(8-15)19-13)9-18-14(16)10-5-3-2-4-6-10/h2-6,11-13,15H,7-9H2,1H3/t11-,12+,13?/m1/s1. The summed E-state index contributed by atoms with van der Waals surface area (Å²) in [5, 5.41) is 9.21. The third-order valence-corrected chi connectivity index (χ3v) is 3.23. The van der Waals surface area contributed by atoms with Gasteiger partial charge in [0.1, 0.15) is 0 Å². The molecule has 0 bridgehead atoms. The third kappa shape index (κ3) is 3.53. The third-order valence-electron chi connectivity index (χ3n) is 3.23. The zero-order valence-electron chi connectivity index (χ0n) is 10.8. The molecule has 1 heterocycles. The van der Waals surface area contributed by atoms with Crippen molar-refractivity contribution in [3.8, 4) is 0 Å². The highest BCUT2D eigenvalue weighted by molar-refractivity contribution is 5.89. The quantitative estimate of drug-likeness (QED) is 0.812. The second-order valence-electron chi connectivity index (χ2n) is 4.48. The van der Waals surface area contributed by atoms with Crippen molar-refractivity contribution in [2.45, 2.75) is 18.8 Å². The summed E-state index contributed by atoms with van der Waals surface area (Å²) in [7, 11) is 1.55. The van der Waals surface area contributed by atoms with Crippen LogP contribution in [0.5, 0.6) is 0 Å². The van der Waals surface area contributed by atoms with Gasteiger partial charge in [0.15, 0.2) is 6.29 Å². The van der Waals surface area contributed by atoms with Crippen LogP contribution in [0, 0.1) is 5.92 Å². The molecule has 0 spiro atoms. The summed E-state index contributed by atoms with van der Waals surface area (Å²) in [5.41, 5.74) is 0.519. The molecule has 1 aromatic rings. The van der Waals surface area contributed by atoms with E-state index < -0.39 is 0 Å². The van der Waals surface area contributed by atoms with E-state index in [0.717, 1.165) is 0 Å². The molecule has 0 amide bonds. The molecule has 104 valence electrons. The van der Waals surface area contributed by atoms with Gasteiger partial charge in [0.25, 0.3) is 0 Å². The highest BCUT2D eigenvalue weighted by atomic mass is 16.7. The van der Waals surface area contributed by atoms with Gasteiger partial charge in [-0.15, -0.1) is 0 Å². The van der Waals surface area contributed by atoms with Gasteiger partial charge in [-0.3, -0.25) is 0 Å². The first-order valence-corrected chi connectivity index (χ1v) is 6.26. The van der Waals surface area contributed by atoms with Crippen molar-refractivity contribution in [3.63, 3.8) is 0 Å². The summed E-state index contributed by atoms with van der Waals surface area (Å²) in [6.45, 7) is 0.117. The average molecular weight is 266 g/mol. The van der Waals surface area contributed by atoms with Crippen LogP contribution in [0.1, 0.15) is 16.8 Å². The molecule has 0 aromatic heterocycles. The molecule has 0 radical (unpaired) electrons. The number of ether oxygens (including phenoxy) is 3. The second-order valence-corrected chi connectivity index (χ2v) is 4.48. The Morgan fingerprint density at radius 1 is 1.42 bits per heavy atom. The van der Waals surface area contributed by atoms with E-state index in [9.17, 15) is 9.90 Å². The van der Waals surface area contributed by atoms with E-state index in [1.54, 1.807) is 31.4 Å². The van der Waals surface area contributed by atoms with Crippen molar-refractivity contribution in [1.29, 1.82) is 0 Å². The first kappa shape index (κ1) is 14.0. The van der Waals surface area contributed by atoms with Crippen molar-refractivity contribution in [3.05, 3.63) is 35.9 Å². The molecule has 1 saturated heterocycles. The molecule has 1 aliphatic rings. The van der Waals surface area contributed by atoms with E-state index in [1.807, 2.05) is 6.07 Å². The minimum Gasteiger partial charge on any atom is -0.462 e. The number of methoxy groups -OCH3 is 1. The van der Waals surface area contributed by atoms with E-state index in [-0.39, 0.29) is 37.5 Å². The van der Waals surface area contributed by atoms with Crippen LogP contribution >= 0.6 is 0 Å². The topological polar surface area (TPSA) is 65.0 Å². The van der Waals surface area contributed by atoms with Gasteiger partial charge < -0.3 is 19.3 Å². The Bertz CT molecular complexity index is 406. The zero-order chi connectivity index (χ0) is 13.7. The summed E-state index contributed by atoms with van der Waals surface area (Å²) in [4.78, 5) is 11.8.